The lowest BCUT2D eigenvalue weighted by atomic mass is 9.97. The molecule has 248 valence electrons. The van der Waals surface area contributed by atoms with Crippen LogP contribution >= 0.6 is 0 Å². The molecule has 0 aromatic carbocycles. The van der Waals surface area contributed by atoms with Crippen molar-refractivity contribution in [3.8, 4) is 0 Å². The summed E-state index contributed by atoms with van der Waals surface area (Å²) in [6, 6.07) is 0. The van der Waals surface area contributed by atoms with Gasteiger partial charge in [-0.15, -0.1) is 0 Å². The molecule has 1 unspecified atom stereocenters. The van der Waals surface area contributed by atoms with E-state index in [1.54, 1.807) is 0 Å². The van der Waals surface area contributed by atoms with Crippen LogP contribution in [0.25, 0.3) is 0 Å². The summed E-state index contributed by atoms with van der Waals surface area (Å²) in [5.41, 5.74) is 0. The number of hydrogen-bond acceptors (Lipinski definition) is 18. The third-order valence-corrected chi connectivity index (χ3v) is 10.6. The third kappa shape index (κ3) is 7.70. The number of rotatable bonds is 13. The summed E-state index contributed by atoms with van der Waals surface area (Å²) in [5, 5.41) is 141. The lowest BCUT2D eigenvalue weighted by molar-refractivity contribution is -0.366. The van der Waals surface area contributed by atoms with Crippen LogP contribution in [0.2, 0.25) is 0 Å². The van der Waals surface area contributed by atoms with Gasteiger partial charge in [-0.2, -0.15) is 0 Å². The van der Waals surface area contributed by atoms with Gasteiger partial charge in [-0.05, 0) is 0 Å². The Balaban J connectivity index is 1.64. The van der Waals surface area contributed by atoms with Crippen molar-refractivity contribution in [1.82, 2.24) is 0 Å². The molecule has 3 aliphatic heterocycles. The molecule has 3 rings (SSSR count). The van der Waals surface area contributed by atoms with Gasteiger partial charge in [0.15, 0.2) is 17.8 Å². The Hall–Kier alpha value is -0.370. The molecule has 0 aromatic heterocycles. The summed E-state index contributed by atoms with van der Waals surface area (Å²) in [4.78, 5) is 0. The number of ether oxygens (including phenoxy) is 4. The number of aliphatic hydroxyl groups is 14. The fourth-order valence-corrected chi connectivity index (χ4v) is 7.82. The van der Waals surface area contributed by atoms with Gasteiger partial charge in [0.05, 0.1) is 26.4 Å². The van der Waals surface area contributed by atoms with Crippen LogP contribution in [0.1, 0.15) is 0 Å². The van der Waals surface area contributed by atoms with Crippen LogP contribution in [0, 0.1) is 0 Å². The fourth-order valence-electron chi connectivity index (χ4n) is 5.13. The van der Waals surface area contributed by atoms with Crippen LogP contribution in [0.15, 0.2) is 0 Å². The van der Waals surface area contributed by atoms with Crippen molar-refractivity contribution < 1.29 is 90.4 Å². The van der Waals surface area contributed by atoms with E-state index in [9.17, 15) is 71.5 Å². The SMILES string of the molecule is OC[C@H](O[C@H]1O[C@H](CO)[C@@H](O[C@H]2O[C@H](CO)[C@@H](O)[C@H](O)[C@H]2O)[C@H](O)[C@H]1O)[C@@H](O)[C@H](O)[C@H](O)C[S+]1C[C@@H](O)[C@H](O)[C@H]1CO. The second-order valence-corrected chi connectivity index (χ2v) is 12.9. The molecule has 3 heterocycles. The van der Waals surface area contributed by atoms with Crippen molar-refractivity contribution >= 4 is 10.9 Å². The molecule has 14 N–H and O–H groups in total. The van der Waals surface area contributed by atoms with Crippen LogP contribution in [0.3, 0.4) is 0 Å². The molecule has 0 amide bonds. The molecule has 0 spiro atoms. The summed E-state index contributed by atoms with van der Waals surface area (Å²) in [5.74, 6) is -0.179. The third-order valence-electron chi connectivity index (χ3n) is 7.73. The van der Waals surface area contributed by atoms with Crippen LogP contribution in [-0.4, -0.2) is 213 Å². The highest BCUT2D eigenvalue weighted by molar-refractivity contribution is 7.97. The second-order valence-electron chi connectivity index (χ2n) is 10.6. The van der Waals surface area contributed by atoms with Gasteiger partial charge in [0, 0.05) is 10.9 Å². The van der Waals surface area contributed by atoms with Gasteiger partial charge in [-0.3, -0.25) is 0 Å². The molecule has 0 aliphatic carbocycles. The van der Waals surface area contributed by atoms with E-state index in [2.05, 4.69) is 0 Å². The van der Waals surface area contributed by atoms with Crippen LogP contribution in [0.4, 0.5) is 0 Å². The molecule has 19 heteroatoms. The van der Waals surface area contributed by atoms with Gasteiger partial charge in [-0.25, -0.2) is 0 Å². The topological polar surface area (TPSA) is 320 Å². The van der Waals surface area contributed by atoms with Crippen LogP contribution in [0.5, 0.6) is 0 Å². The van der Waals surface area contributed by atoms with Crippen molar-refractivity contribution in [2.24, 2.45) is 0 Å². The predicted molar refractivity (Wildman–Crippen MR) is 136 cm³/mol. The Morgan fingerprint density at radius 3 is 1.83 bits per heavy atom. The van der Waals surface area contributed by atoms with Crippen molar-refractivity contribution in [3.05, 3.63) is 0 Å². The number of hydrogen-bond donors (Lipinski definition) is 14. The molecule has 0 aromatic rings. The normalized spacial score (nSPS) is 45.9. The fraction of sp³-hybridized carbons (Fsp3) is 1.00. The first-order valence-corrected chi connectivity index (χ1v) is 15.0. The molecule has 3 saturated heterocycles. The zero-order valence-electron chi connectivity index (χ0n) is 22.4. The molecule has 42 heavy (non-hydrogen) atoms. The molecular formula is C23H43O18S+. The van der Waals surface area contributed by atoms with E-state index in [0.29, 0.717) is 0 Å². The Kier molecular flexibility index (Phi) is 13.5. The highest BCUT2D eigenvalue weighted by Gasteiger charge is 2.53. The minimum atomic E-state index is -2.00. The second kappa shape index (κ2) is 15.8. The summed E-state index contributed by atoms with van der Waals surface area (Å²) < 4.78 is 21.5. The van der Waals surface area contributed by atoms with E-state index in [1.165, 1.54) is 0 Å². The van der Waals surface area contributed by atoms with Crippen molar-refractivity contribution in [2.75, 3.05) is 37.9 Å². The maximum absolute atomic E-state index is 10.7. The standard InChI is InChI=1S/C23H43O18S/c24-1-9(15(32)14(31)8(29)6-42-5-7(28)13(30)12(42)4-27)38-22-20(37)18(35)21(11(3-26)40-22)41-23-19(36)17(34)16(33)10(2-25)39-23/h7-37H,1-6H2/q+1/t7-,8-,9+,10-,11-,12-,13+,14-,15-,16-,17+,18-,19-,20-,21-,22+,23-,42?/m1/s1. The van der Waals surface area contributed by atoms with Gasteiger partial charge >= 0.3 is 0 Å². The molecule has 3 fully saturated rings. The zero-order chi connectivity index (χ0) is 31.5. The molecule has 0 radical (unpaired) electrons. The Labute approximate surface area is 242 Å². The quantitative estimate of drug-likeness (QED) is 0.0832. The van der Waals surface area contributed by atoms with Gasteiger partial charge in [0.1, 0.15) is 97.0 Å². The van der Waals surface area contributed by atoms with E-state index in [1.807, 2.05) is 0 Å². The lowest BCUT2D eigenvalue weighted by Gasteiger charge is -2.46. The lowest BCUT2D eigenvalue weighted by Crippen LogP contribution is -2.65. The van der Waals surface area contributed by atoms with E-state index < -0.39 is 141 Å². The summed E-state index contributed by atoms with van der Waals surface area (Å²) in [6.45, 7) is -3.10. The average Bonchev–Trinajstić information content (AvgIpc) is 3.25. The van der Waals surface area contributed by atoms with Gasteiger partial charge in [-0.1, -0.05) is 0 Å². The van der Waals surface area contributed by atoms with E-state index in [-0.39, 0.29) is 11.5 Å². The van der Waals surface area contributed by atoms with Gasteiger partial charge < -0.3 is 90.4 Å². The maximum atomic E-state index is 10.7. The molecule has 3 aliphatic rings. The van der Waals surface area contributed by atoms with E-state index in [0.717, 1.165) is 0 Å². The van der Waals surface area contributed by atoms with Crippen molar-refractivity contribution in [2.45, 2.75) is 103 Å². The van der Waals surface area contributed by atoms with E-state index >= 15 is 0 Å². The smallest absolute Gasteiger partial charge is 0.187 e. The Morgan fingerprint density at radius 1 is 0.667 bits per heavy atom. The molecular weight excluding hydrogens is 596 g/mol. The molecule has 18 nitrogen and oxygen atoms in total. The monoisotopic (exact) mass is 639 g/mol. The van der Waals surface area contributed by atoms with Crippen molar-refractivity contribution in [1.29, 1.82) is 0 Å². The molecule has 0 bridgehead atoms. The first-order valence-electron chi connectivity index (χ1n) is 13.3. The highest BCUT2D eigenvalue weighted by atomic mass is 32.2. The average molecular weight is 640 g/mol. The summed E-state index contributed by atoms with van der Waals surface area (Å²) in [6.07, 6.45) is -27.1. The predicted octanol–water partition coefficient (Wildman–Crippen LogP) is -9.21. The van der Waals surface area contributed by atoms with Gasteiger partial charge in [0.2, 0.25) is 0 Å². The minimum Gasteiger partial charge on any atom is -0.394 e. The summed E-state index contributed by atoms with van der Waals surface area (Å²) >= 11 is 0. The van der Waals surface area contributed by atoms with Crippen molar-refractivity contribution in [3.63, 3.8) is 0 Å². The maximum Gasteiger partial charge on any atom is 0.187 e. The van der Waals surface area contributed by atoms with Crippen LogP contribution < -0.4 is 0 Å². The minimum absolute atomic E-state index is 0.0428. The largest absolute Gasteiger partial charge is 0.394 e. The first kappa shape index (κ1) is 36.1. The highest BCUT2D eigenvalue weighted by Crippen LogP contribution is 2.31. The Morgan fingerprint density at radius 2 is 1.26 bits per heavy atom. The van der Waals surface area contributed by atoms with Crippen LogP contribution in [-0.2, 0) is 29.8 Å². The summed E-state index contributed by atoms with van der Waals surface area (Å²) in [7, 11) is -0.933. The number of aliphatic hydroxyl groups excluding tert-OH is 14. The molecule has 0 saturated carbocycles. The Bertz CT molecular complexity index is 811. The molecule has 18 atom stereocenters. The van der Waals surface area contributed by atoms with E-state index in [4.69, 9.17) is 18.9 Å². The first-order chi connectivity index (χ1) is 19.8. The zero-order valence-corrected chi connectivity index (χ0v) is 23.2. The van der Waals surface area contributed by atoms with Gasteiger partial charge in [0.25, 0.3) is 0 Å².